The number of benzene rings is 1. The monoisotopic (exact) mass is 262 g/mol. The average Bonchev–Trinajstić information content (AvgIpc) is 2.27. The van der Waals surface area contributed by atoms with E-state index >= 15 is 0 Å². The van der Waals surface area contributed by atoms with Gasteiger partial charge in [-0.1, -0.05) is 26.0 Å². The summed E-state index contributed by atoms with van der Waals surface area (Å²) in [6.07, 6.45) is 3.35. The molecule has 2 N–H and O–H groups in total. The molecule has 0 aromatic heterocycles. The molecule has 0 bridgehead atoms. The molecule has 0 saturated heterocycles. The Hall–Kier alpha value is -1.02. The molecule has 1 rings (SSSR count). The number of hydrogen-bond donors (Lipinski definition) is 1. The van der Waals surface area contributed by atoms with Crippen molar-refractivity contribution in [1.82, 2.24) is 0 Å². The van der Waals surface area contributed by atoms with E-state index in [-0.39, 0.29) is 5.54 Å². The van der Waals surface area contributed by atoms with Crippen LogP contribution in [0.2, 0.25) is 0 Å². The summed E-state index contributed by atoms with van der Waals surface area (Å²) < 4.78 is 0. The van der Waals surface area contributed by atoms with Gasteiger partial charge in [0.1, 0.15) is 0 Å². The molecule has 0 amide bonds. The van der Waals surface area contributed by atoms with Gasteiger partial charge >= 0.3 is 0 Å². The minimum Gasteiger partial charge on any atom is -0.375 e. The van der Waals surface area contributed by atoms with Gasteiger partial charge in [-0.3, -0.25) is 0 Å². The van der Waals surface area contributed by atoms with Crippen LogP contribution in [0.25, 0.3) is 0 Å². The molecule has 0 aliphatic rings. The molecule has 0 aliphatic carbocycles. The fourth-order valence-corrected chi connectivity index (χ4v) is 2.26. The zero-order valence-corrected chi connectivity index (χ0v) is 13.2. The SMILES string of the molecule is CC(C)Cc1ccc(N(C)CCCC(C)(C)N)cc1. The Morgan fingerprint density at radius 1 is 1.16 bits per heavy atom. The van der Waals surface area contributed by atoms with Gasteiger partial charge in [-0.05, 0) is 56.7 Å². The molecule has 0 atom stereocenters. The van der Waals surface area contributed by atoms with E-state index in [9.17, 15) is 0 Å². The van der Waals surface area contributed by atoms with Crippen LogP contribution in [0, 0.1) is 5.92 Å². The number of hydrogen-bond acceptors (Lipinski definition) is 2. The molecule has 108 valence electrons. The quantitative estimate of drug-likeness (QED) is 0.809. The van der Waals surface area contributed by atoms with Gasteiger partial charge in [0, 0.05) is 24.8 Å². The van der Waals surface area contributed by atoms with E-state index in [0.29, 0.717) is 0 Å². The highest BCUT2D eigenvalue weighted by Gasteiger charge is 2.10. The van der Waals surface area contributed by atoms with Crippen molar-refractivity contribution in [2.24, 2.45) is 11.7 Å². The Labute approximate surface area is 119 Å². The summed E-state index contributed by atoms with van der Waals surface area (Å²) in [6, 6.07) is 8.95. The molecule has 1 aromatic carbocycles. The lowest BCUT2D eigenvalue weighted by atomic mass is 10.00. The third kappa shape index (κ3) is 6.63. The van der Waals surface area contributed by atoms with E-state index in [1.807, 2.05) is 0 Å². The summed E-state index contributed by atoms with van der Waals surface area (Å²) in [5, 5.41) is 0. The number of nitrogens with two attached hydrogens (primary N) is 1. The Balaban J connectivity index is 2.46. The molecule has 0 radical (unpaired) electrons. The van der Waals surface area contributed by atoms with E-state index in [1.54, 1.807) is 0 Å². The van der Waals surface area contributed by atoms with Crippen molar-refractivity contribution in [2.45, 2.75) is 52.5 Å². The highest BCUT2D eigenvalue weighted by Crippen LogP contribution is 2.17. The minimum absolute atomic E-state index is 0.0536. The van der Waals surface area contributed by atoms with E-state index in [4.69, 9.17) is 5.73 Å². The first kappa shape index (κ1) is 16.0. The molecule has 1 aromatic rings. The van der Waals surface area contributed by atoms with E-state index < -0.39 is 0 Å². The van der Waals surface area contributed by atoms with Crippen LogP contribution in [0.4, 0.5) is 5.69 Å². The maximum atomic E-state index is 6.01. The molecule has 2 heteroatoms. The van der Waals surface area contributed by atoms with Gasteiger partial charge < -0.3 is 10.6 Å². The topological polar surface area (TPSA) is 29.3 Å². The predicted octanol–water partition coefficient (Wildman–Crippen LogP) is 3.84. The van der Waals surface area contributed by atoms with E-state index in [1.165, 1.54) is 11.3 Å². The summed E-state index contributed by atoms with van der Waals surface area (Å²) >= 11 is 0. The van der Waals surface area contributed by atoms with Crippen LogP contribution < -0.4 is 10.6 Å². The van der Waals surface area contributed by atoms with Crippen LogP contribution in [0.15, 0.2) is 24.3 Å². The molecular weight excluding hydrogens is 232 g/mol. The van der Waals surface area contributed by atoms with Crippen LogP contribution in [-0.2, 0) is 6.42 Å². The molecule has 0 saturated carbocycles. The zero-order chi connectivity index (χ0) is 14.5. The predicted molar refractivity (Wildman–Crippen MR) is 85.8 cm³/mol. The lowest BCUT2D eigenvalue weighted by Crippen LogP contribution is -2.33. The summed E-state index contributed by atoms with van der Waals surface area (Å²) in [6.45, 7) is 9.76. The van der Waals surface area contributed by atoms with Gasteiger partial charge in [-0.25, -0.2) is 0 Å². The van der Waals surface area contributed by atoms with Gasteiger partial charge in [0.25, 0.3) is 0 Å². The lowest BCUT2D eigenvalue weighted by molar-refractivity contribution is 0.460. The van der Waals surface area contributed by atoms with Crippen LogP contribution >= 0.6 is 0 Å². The first-order valence-corrected chi connectivity index (χ1v) is 7.37. The van der Waals surface area contributed by atoms with E-state index in [0.717, 1.165) is 31.7 Å². The number of anilines is 1. The fourth-order valence-electron chi connectivity index (χ4n) is 2.26. The number of nitrogens with zero attached hydrogens (tertiary/aromatic N) is 1. The van der Waals surface area contributed by atoms with Gasteiger partial charge in [0.2, 0.25) is 0 Å². The smallest absolute Gasteiger partial charge is 0.0363 e. The first-order valence-electron chi connectivity index (χ1n) is 7.37. The molecule has 0 aliphatic heterocycles. The third-order valence-electron chi connectivity index (χ3n) is 3.34. The second-order valence-electron chi connectivity index (χ2n) is 6.78. The summed E-state index contributed by atoms with van der Waals surface area (Å²) in [4.78, 5) is 2.31. The number of rotatable bonds is 7. The average molecular weight is 262 g/mol. The largest absolute Gasteiger partial charge is 0.375 e. The molecule has 0 spiro atoms. The normalized spacial score (nSPS) is 11.9. The van der Waals surface area contributed by atoms with Gasteiger partial charge in [-0.2, -0.15) is 0 Å². The molecule has 0 heterocycles. The maximum absolute atomic E-state index is 6.01. The van der Waals surface area contributed by atoms with Gasteiger partial charge in [0.05, 0.1) is 0 Å². The van der Waals surface area contributed by atoms with Crippen LogP contribution in [0.5, 0.6) is 0 Å². The highest BCUT2D eigenvalue weighted by molar-refractivity contribution is 5.46. The highest BCUT2D eigenvalue weighted by atomic mass is 15.1. The van der Waals surface area contributed by atoms with Crippen molar-refractivity contribution in [3.05, 3.63) is 29.8 Å². The lowest BCUT2D eigenvalue weighted by Gasteiger charge is -2.23. The third-order valence-corrected chi connectivity index (χ3v) is 3.34. The molecule has 2 nitrogen and oxygen atoms in total. The van der Waals surface area contributed by atoms with Crippen LogP contribution in [0.1, 0.15) is 46.1 Å². The van der Waals surface area contributed by atoms with Gasteiger partial charge in [-0.15, -0.1) is 0 Å². The molecule has 0 fully saturated rings. The van der Waals surface area contributed by atoms with Crippen molar-refractivity contribution in [3.63, 3.8) is 0 Å². The second kappa shape index (κ2) is 6.95. The summed E-state index contributed by atoms with van der Waals surface area (Å²) in [5.74, 6) is 0.718. The van der Waals surface area contributed by atoms with Crippen molar-refractivity contribution in [3.8, 4) is 0 Å². The minimum atomic E-state index is -0.0536. The zero-order valence-electron chi connectivity index (χ0n) is 13.2. The van der Waals surface area contributed by atoms with Crippen molar-refractivity contribution in [1.29, 1.82) is 0 Å². The fraction of sp³-hybridized carbons (Fsp3) is 0.647. The standard InChI is InChI=1S/C17H30N2/c1-14(2)13-15-7-9-16(10-8-15)19(5)12-6-11-17(3,4)18/h7-10,14H,6,11-13,18H2,1-5H3. The van der Waals surface area contributed by atoms with Crippen molar-refractivity contribution in [2.75, 3.05) is 18.5 Å². The maximum Gasteiger partial charge on any atom is 0.0363 e. The molecule has 19 heavy (non-hydrogen) atoms. The Kier molecular flexibility index (Phi) is 5.86. The first-order chi connectivity index (χ1) is 8.78. The van der Waals surface area contributed by atoms with Crippen LogP contribution in [0.3, 0.4) is 0 Å². The summed E-state index contributed by atoms with van der Waals surface area (Å²) in [5.41, 5.74) is 8.67. The molecular formula is C17H30N2. The Morgan fingerprint density at radius 2 is 1.74 bits per heavy atom. The van der Waals surface area contributed by atoms with Gasteiger partial charge in [0.15, 0.2) is 0 Å². The van der Waals surface area contributed by atoms with E-state index in [2.05, 4.69) is 63.9 Å². The Morgan fingerprint density at radius 3 is 2.21 bits per heavy atom. The second-order valence-corrected chi connectivity index (χ2v) is 6.78. The molecule has 0 unspecified atom stereocenters. The van der Waals surface area contributed by atoms with Crippen LogP contribution in [-0.4, -0.2) is 19.1 Å². The van der Waals surface area contributed by atoms with Crippen molar-refractivity contribution < 1.29 is 0 Å². The Bertz CT molecular complexity index is 360. The van der Waals surface area contributed by atoms with Crippen molar-refractivity contribution >= 4 is 5.69 Å². The summed E-state index contributed by atoms with van der Waals surface area (Å²) in [7, 11) is 2.15.